The van der Waals surface area contributed by atoms with Crippen molar-refractivity contribution < 1.29 is 9.90 Å². The summed E-state index contributed by atoms with van der Waals surface area (Å²) in [6, 6.07) is 3.21. The number of carboxylic acids is 1. The molecular formula is C10H14N4O2. The van der Waals surface area contributed by atoms with Crippen molar-refractivity contribution in [1.29, 1.82) is 0 Å². The summed E-state index contributed by atoms with van der Waals surface area (Å²) in [4.78, 5) is 12.8. The Bertz CT molecular complexity index is 379. The van der Waals surface area contributed by atoms with E-state index in [4.69, 9.17) is 5.11 Å². The highest BCUT2D eigenvalue weighted by molar-refractivity contribution is 5.74. The predicted molar refractivity (Wildman–Crippen MR) is 58.4 cm³/mol. The molecule has 1 aliphatic rings. The molecule has 6 nitrogen and oxygen atoms in total. The van der Waals surface area contributed by atoms with Gasteiger partial charge in [0.15, 0.2) is 5.82 Å². The van der Waals surface area contributed by atoms with Gasteiger partial charge in [-0.25, -0.2) is 0 Å². The Kier molecular flexibility index (Phi) is 3.00. The number of nitrogens with one attached hydrogen (secondary N) is 1. The Balaban J connectivity index is 2.09. The van der Waals surface area contributed by atoms with Crippen LogP contribution in [0.1, 0.15) is 5.69 Å². The third-order valence-corrected chi connectivity index (χ3v) is 2.58. The minimum Gasteiger partial charge on any atom is -0.480 e. The summed E-state index contributed by atoms with van der Waals surface area (Å²) in [5, 5.41) is 19.9. The molecule has 0 bridgehead atoms. The van der Waals surface area contributed by atoms with Crippen molar-refractivity contribution in [2.75, 3.05) is 24.5 Å². The molecule has 16 heavy (non-hydrogen) atoms. The lowest BCUT2D eigenvalue weighted by Crippen LogP contribution is -2.54. The van der Waals surface area contributed by atoms with E-state index in [0.717, 1.165) is 18.1 Å². The first kappa shape index (κ1) is 10.8. The molecular weight excluding hydrogens is 208 g/mol. The van der Waals surface area contributed by atoms with Gasteiger partial charge < -0.3 is 15.3 Å². The van der Waals surface area contributed by atoms with E-state index in [9.17, 15) is 4.79 Å². The molecule has 2 heterocycles. The SMILES string of the molecule is Cc1ccc(N2CCNC(C(=O)O)C2)nn1. The van der Waals surface area contributed by atoms with E-state index in [1.54, 1.807) is 0 Å². The number of carboxylic acid groups (broad SMARTS) is 1. The molecule has 86 valence electrons. The number of aromatic nitrogens is 2. The van der Waals surface area contributed by atoms with Gasteiger partial charge in [-0.2, -0.15) is 5.10 Å². The van der Waals surface area contributed by atoms with Crippen molar-refractivity contribution in [1.82, 2.24) is 15.5 Å². The van der Waals surface area contributed by atoms with Gasteiger partial charge in [0.2, 0.25) is 0 Å². The summed E-state index contributed by atoms with van der Waals surface area (Å²) in [7, 11) is 0. The second-order valence-electron chi connectivity index (χ2n) is 3.82. The van der Waals surface area contributed by atoms with E-state index in [1.165, 1.54) is 0 Å². The van der Waals surface area contributed by atoms with Crippen LogP contribution in [0.5, 0.6) is 0 Å². The van der Waals surface area contributed by atoms with Crippen LogP contribution in [-0.2, 0) is 4.79 Å². The highest BCUT2D eigenvalue weighted by Gasteiger charge is 2.25. The van der Waals surface area contributed by atoms with Crippen LogP contribution >= 0.6 is 0 Å². The number of carbonyl (C=O) groups is 1. The summed E-state index contributed by atoms with van der Waals surface area (Å²) in [5.41, 5.74) is 0.855. The molecule has 1 atom stereocenters. The van der Waals surface area contributed by atoms with E-state index in [-0.39, 0.29) is 0 Å². The summed E-state index contributed by atoms with van der Waals surface area (Å²) in [6.07, 6.45) is 0. The average Bonchev–Trinajstić information content (AvgIpc) is 2.30. The van der Waals surface area contributed by atoms with Gasteiger partial charge in [0.25, 0.3) is 0 Å². The van der Waals surface area contributed by atoms with Crippen LogP contribution in [0.3, 0.4) is 0 Å². The fourth-order valence-electron chi connectivity index (χ4n) is 1.68. The topological polar surface area (TPSA) is 78.4 Å². The maximum Gasteiger partial charge on any atom is 0.322 e. The monoisotopic (exact) mass is 222 g/mol. The number of hydrogen-bond donors (Lipinski definition) is 2. The Labute approximate surface area is 93.3 Å². The first-order valence-electron chi connectivity index (χ1n) is 5.18. The largest absolute Gasteiger partial charge is 0.480 e. The van der Waals surface area contributed by atoms with E-state index >= 15 is 0 Å². The van der Waals surface area contributed by atoms with Gasteiger partial charge in [-0.05, 0) is 19.1 Å². The average molecular weight is 222 g/mol. The number of aliphatic carboxylic acids is 1. The summed E-state index contributed by atoms with van der Waals surface area (Å²) in [5.74, 6) is -0.0943. The molecule has 1 fully saturated rings. The predicted octanol–water partition coefficient (Wildman–Crippen LogP) is -0.352. The van der Waals surface area contributed by atoms with Crippen LogP contribution in [0.25, 0.3) is 0 Å². The fourth-order valence-corrected chi connectivity index (χ4v) is 1.68. The number of aryl methyl sites for hydroxylation is 1. The molecule has 1 aliphatic heterocycles. The van der Waals surface area contributed by atoms with Gasteiger partial charge >= 0.3 is 5.97 Å². The van der Waals surface area contributed by atoms with Gasteiger partial charge in [0, 0.05) is 19.6 Å². The highest BCUT2D eigenvalue weighted by Crippen LogP contribution is 2.11. The summed E-state index contributed by atoms with van der Waals surface area (Å²) in [6.45, 7) is 3.69. The van der Waals surface area contributed by atoms with Crippen LogP contribution in [-0.4, -0.2) is 46.9 Å². The minimum absolute atomic E-state index is 0.424. The smallest absolute Gasteiger partial charge is 0.322 e. The first-order chi connectivity index (χ1) is 7.66. The van der Waals surface area contributed by atoms with E-state index in [0.29, 0.717) is 13.1 Å². The Morgan fingerprint density at radius 1 is 1.56 bits per heavy atom. The van der Waals surface area contributed by atoms with Gasteiger partial charge in [-0.3, -0.25) is 4.79 Å². The van der Waals surface area contributed by atoms with Crippen molar-refractivity contribution in [3.05, 3.63) is 17.8 Å². The number of hydrogen-bond acceptors (Lipinski definition) is 5. The van der Waals surface area contributed by atoms with Crippen molar-refractivity contribution in [3.8, 4) is 0 Å². The number of rotatable bonds is 2. The molecule has 0 aromatic carbocycles. The molecule has 2 rings (SSSR count). The van der Waals surface area contributed by atoms with Crippen LogP contribution in [0.4, 0.5) is 5.82 Å². The van der Waals surface area contributed by atoms with Crippen LogP contribution in [0.15, 0.2) is 12.1 Å². The van der Waals surface area contributed by atoms with E-state index in [1.807, 2.05) is 24.0 Å². The van der Waals surface area contributed by atoms with Crippen molar-refractivity contribution in [2.24, 2.45) is 0 Å². The number of nitrogens with zero attached hydrogens (tertiary/aromatic N) is 3. The standard InChI is InChI=1S/C10H14N4O2/c1-7-2-3-9(13-12-7)14-5-4-11-8(6-14)10(15)16/h2-3,8,11H,4-6H2,1H3,(H,15,16). The molecule has 1 saturated heterocycles. The second-order valence-corrected chi connectivity index (χ2v) is 3.82. The molecule has 6 heteroatoms. The lowest BCUT2D eigenvalue weighted by molar-refractivity contribution is -0.139. The quantitative estimate of drug-likeness (QED) is 0.712. The van der Waals surface area contributed by atoms with Gasteiger partial charge in [0.05, 0.1) is 5.69 Å². The third kappa shape index (κ3) is 2.27. The van der Waals surface area contributed by atoms with Crippen LogP contribution < -0.4 is 10.2 Å². The first-order valence-corrected chi connectivity index (χ1v) is 5.18. The molecule has 0 spiro atoms. The molecule has 0 radical (unpaired) electrons. The van der Waals surface area contributed by atoms with Crippen molar-refractivity contribution in [2.45, 2.75) is 13.0 Å². The number of anilines is 1. The van der Waals surface area contributed by atoms with E-state index < -0.39 is 12.0 Å². The third-order valence-electron chi connectivity index (χ3n) is 2.58. The maximum absolute atomic E-state index is 10.9. The second kappa shape index (κ2) is 4.44. The molecule has 0 amide bonds. The molecule has 1 aromatic heterocycles. The summed E-state index contributed by atoms with van der Waals surface area (Å²) < 4.78 is 0. The molecule has 2 N–H and O–H groups in total. The molecule has 1 aromatic rings. The lowest BCUT2D eigenvalue weighted by Gasteiger charge is -2.32. The van der Waals surface area contributed by atoms with Gasteiger partial charge in [0.1, 0.15) is 6.04 Å². The Morgan fingerprint density at radius 2 is 2.38 bits per heavy atom. The highest BCUT2D eigenvalue weighted by atomic mass is 16.4. The normalized spacial score (nSPS) is 20.8. The summed E-state index contributed by atoms with van der Waals surface area (Å²) >= 11 is 0. The lowest BCUT2D eigenvalue weighted by atomic mass is 10.2. The Morgan fingerprint density at radius 3 is 3.00 bits per heavy atom. The van der Waals surface area contributed by atoms with Gasteiger partial charge in [-0.1, -0.05) is 0 Å². The zero-order chi connectivity index (χ0) is 11.5. The zero-order valence-electron chi connectivity index (χ0n) is 9.05. The molecule has 1 unspecified atom stereocenters. The molecule has 0 saturated carbocycles. The minimum atomic E-state index is -0.829. The Hall–Kier alpha value is -1.69. The van der Waals surface area contributed by atoms with Crippen molar-refractivity contribution in [3.63, 3.8) is 0 Å². The number of piperazine rings is 1. The van der Waals surface area contributed by atoms with Crippen molar-refractivity contribution >= 4 is 11.8 Å². The van der Waals surface area contributed by atoms with E-state index in [2.05, 4.69) is 15.5 Å². The zero-order valence-corrected chi connectivity index (χ0v) is 9.05. The van der Waals surface area contributed by atoms with Crippen LogP contribution in [0, 0.1) is 6.92 Å². The molecule has 0 aliphatic carbocycles. The maximum atomic E-state index is 10.9. The van der Waals surface area contributed by atoms with Crippen LogP contribution in [0.2, 0.25) is 0 Å². The van der Waals surface area contributed by atoms with Gasteiger partial charge in [-0.15, -0.1) is 5.10 Å². The fraction of sp³-hybridized carbons (Fsp3) is 0.500.